The molecule has 98 valence electrons. The fourth-order valence-corrected chi connectivity index (χ4v) is 1.93. The predicted molar refractivity (Wildman–Crippen MR) is 67.1 cm³/mol. The van der Waals surface area contributed by atoms with Crippen molar-refractivity contribution in [3.8, 4) is 5.75 Å². The highest BCUT2D eigenvalue weighted by molar-refractivity contribution is 5.70. The summed E-state index contributed by atoms with van der Waals surface area (Å²) in [5.41, 5.74) is 0.497. The molecule has 6 nitrogen and oxygen atoms in total. The molecule has 1 aromatic carbocycles. The van der Waals surface area contributed by atoms with Crippen molar-refractivity contribution in [2.45, 2.75) is 19.4 Å². The van der Waals surface area contributed by atoms with Crippen molar-refractivity contribution in [3.63, 3.8) is 0 Å². The van der Waals surface area contributed by atoms with Gasteiger partial charge in [-0.1, -0.05) is 13.0 Å². The molecule has 1 aromatic rings. The number of ether oxygens (including phenoxy) is 1. The number of hydrogen-bond donors (Lipinski definition) is 1. The van der Waals surface area contributed by atoms with Gasteiger partial charge >= 0.3 is 5.69 Å². The Morgan fingerprint density at radius 3 is 2.83 bits per heavy atom. The first-order valence-electron chi connectivity index (χ1n) is 5.96. The van der Waals surface area contributed by atoms with E-state index < -0.39 is 11.0 Å². The molecule has 18 heavy (non-hydrogen) atoms. The van der Waals surface area contributed by atoms with E-state index in [0.717, 1.165) is 6.42 Å². The molecule has 1 N–H and O–H groups in total. The summed E-state index contributed by atoms with van der Waals surface area (Å²) in [6, 6.07) is 5.02. The van der Waals surface area contributed by atoms with E-state index in [1.807, 2.05) is 6.92 Å². The van der Waals surface area contributed by atoms with Crippen molar-refractivity contribution >= 4 is 11.4 Å². The van der Waals surface area contributed by atoms with Crippen LogP contribution in [0.1, 0.15) is 13.3 Å². The second-order valence-corrected chi connectivity index (χ2v) is 4.29. The van der Waals surface area contributed by atoms with Gasteiger partial charge in [-0.15, -0.1) is 0 Å². The van der Waals surface area contributed by atoms with Crippen LogP contribution < -0.4 is 9.64 Å². The number of nitrogens with zero attached hydrogens (tertiary/aromatic N) is 2. The summed E-state index contributed by atoms with van der Waals surface area (Å²) < 4.78 is 5.40. The molecule has 0 aromatic heterocycles. The number of nitro groups is 1. The maximum absolute atomic E-state index is 11.2. The van der Waals surface area contributed by atoms with Crippen LogP contribution in [0.5, 0.6) is 5.75 Å². The first-order chi connectivity index (χ1) is 8.63. The SMILES string of the molecule is CCCOc1cccc(N2CC(O)C2)c1[N+](=O)[O-]. The van der Waals surface area contributed by atoms with Crippen molar-refractivity contribution in [2.75, 3.05) is 24.6 Å². The first-order valence-corrected chi connectivity index (χ1v) is 5.96. The fraction of sp³-hybridized carbons (Fsp3) is 0.500. The lowest BCUT2D eigenvalue weighted by molar-refractivity contribution is -0.385. The van der Waals surface area contributed by atoms with Crippen LogP contribution in [0.15, 0.2) is 18.2 Å². The Morgan fingerprint density at radius 2 is 2.28 bits per heavy atom. The summed E-state index contributed by atoms with van der Waals surface area (Å²) >= 11 is 0. The van der Waals surface area contributed by atoms with Crippen LogP contribution in [0.2, 0.25) is 0 Å². The van der Waals surface area contributed by atoms with E-state index in [1.165, 1.54) is 0 Å². The Bertz CT molecular complexity index is 444. The third-order valence-electron chi connectivity index (χ3n) is 2.82. The number of benzene rings is 1. The Labute approximate surface area is 105 Å². The number of rotatable bonds is 5. The van der Waals surface area contributed by atoms with Crippen molar-refractivity contribution in [1.82, 2.24) is 0 Å². The summed E-state index contributed by atoms with van der Waals surface area (Å²) in [5, 5.41) is 20.4. The molecule has 0 bridgehead atoms. The Kier molecular flexibility index (Phi) is 3.66. The van der Waals surface area contributed by atoms with Gasteiger partial charge in [-0.25, -0.2) is 0 Å². The second-order valence-electron chi connectivity index (χ2n) is 4.29. The van der Waals surface area contributed by atoms with E-state index in [2.05, 4.69) is 0 Å². The highest BCUT2D eigenvalue weighted by Gasteiger charge is 2.32. The zero-order chi connectivity index (χ0) is 13.1. The number of para-hydroxylation sites is 1. The van der Waals surface area contributed by atoms with E-state index in [0.29, 0.717) is 31.1 Å². The average molecular weight is 252 g/mol. The molecule has 0 radical (unpaired) electrons. The van der Waals surface area contributed by atoms with Gasteiger partial charge in [0.2, 0.25) is 0 Å². The zero-order valence-corrected chi connectivity index (χ0v) is 10.2. The molecule has 2 rings (SSSR count). The lowest BCUT2D eigenvalue weighted by Crippen LogP contribution is -2.51. The van der Waals surface area contributed by atoms with Gasteiger partial charge in [0.1, 0.15) is 5.69 Å². The number of hydrogen-bond acceptors (Lipinski definition) is 5. The van der Waals surface area contributed by atoms with Gasteiger partial charge in [0.05, 0.1) is 17.6 Å². The molecule has 1 fully saturated rings. The van der Waals surface area contributed by atoms with E-state index in [9.17, 15) is 15.2 Å². The molecule has 1 saturated heterocycles. The summed E-state index contributed by atoms with van der Waals surface area (Å²) in [5.74, 6) is 0.292. The number of anilines is 1. The van der Waals surface area contributed by atoms with Crippen LogP contribution in [0.4, 0.5) is 11.4 Å². The molecule has 0 amide bonds. The third-order valence-corrected chi connectivity index (χ3v) is 2.82. The van der Waals surface area contributed by atoms with Crippen LogP contribution in [0.25, 0.3) is 0 Å². The van der Waals surface area contributed by atoms with Crippen molar-refractivity contribution in [1.29, 1.82) is 0 Å². The lowest BCUT2D eigenvalue weighted by atomic mass is 10.1. The van der Waals surface area contributed by atoms with Gasteiger partial charge < -0.3 is 14.7 Å². The minimum Gasteiger partial charge on any atom is -0.487 e. The van der Waals surface area contributed by atoms with Crippen LogP contribution in [0, 0.1) is 10.1 Å². The lowest BCUT2D eigenvalue weighted by Gasteiger charge is -2.37. The Balaban J connectivity index is 2.30. The van der Waals surface area contributed by atoms with Gasteiger partial charge in [0.25, 0.3) is 0 Å². The molecule has 0 atom stereocenters. The fourth-order valence-electron chi connectivity index (χ4n) is 1.93. The van der Waals surface area contributed by atoms with Gasteiger partial charge in [-0.05, 0) is 18.6 Å². The molecular formula is C12H16N2O4. The van der Waals surface area contributed by atoms with Crippen LogP contribution in [-0.4, -0.2) is 35.8 Å². The maximum atomic E-state index is 11.2. The molecule has 0 unspecified atom stereocenters. The molecule has 1 aliphatic rings. The predicted octanol–water partition coefficient (Wildman–Crippen LogP) is 1.56. The Hall–Kier alpha value is -1.82. The number of nitro benzene ring substituents is 1. The van der Waals surface area contributed by atoms with E-state index >= 15 is 0 Å². The molecule has 1 heterocycles. The standard InChI is InChI=1S/C12H16N2O4/c1-2-6-18-11-5-3-4-10(12(11)14(16)17)13-7-9(15)8-13/h3-5,9,15H,2,6-8H2,1H3. The number of aliphatic hydroxyl groups is 1. The molecule has 0 saturated carbocycles. The van der Waals surface area contributed by atoms with Crippen LogP contribution in [0.3, 0.4) is 0 Å². The minimum absolute atomic E-state index is 0.0159. The van der Waals surface area contributed by atoms with Gasteiger partial charge in [-0.3, -0.25) is 10.1 Å². The summed E-state index contributed by atoms with van der Waals surface area (Å²) in [6.07, 6.45) is 0.397. The molecule has 0 spiro atoms. The smallest absolute Gasteiger partial charge is 0.333 e. The van der Waals surface area contributed by atoms with E-state index in [-0.39, 0.29) is 5.69 Å². The summed E-state index contributed by atoms with van der Waals surface area (Å²) in [7, 11) is 0. The molecule has 6 heteroatoms. The molecule has 1 aliphatic heterocycles. The van der Waals surface area contributed by atoms with Crippen LogP contribution >= 0.6 is 0 Å². The topological polar surface area (TPSA) is 75.8 Å². The van der Waals surface area contributed by atoms with Crippen LogP contribution in [-0.2, 0) is 0 Å². The molecule has 0 aliphatic carbocycles. The minimum atomic E-state index is -0.426. The second kappa shape index (κ2) is 5.22. The summed E-state index contributed by atoms with van der Waals surface area (Å²) in [6.45, 7) is 3.25. The molecular weight excluding hydrogens is 236 g/mol. The normalized spacial score (nSPS) is 15.3. The third kappa shape index (κ3) is 2.38. The van der Waals surface area contributed by atoms with Crippen molar-refractivity contribution in [3.05, 3.63) is 28.3 Å². The quantitative estimate of drug-likeness (QED) is 0.635. The van der Waals surface area contributed by atoms with Gasteiger partial charge in [0.15, 0.2) is 5.75 Å². The Morgan fingerprint density at radius 1 is 1.56 bits per heavy atom. The van der Waals surface area contributed by atoms with E-state index in [1.54, 1.807) is 23.1 Å². The van der Waals surface area contributed by atoms with Gasteiger partial charge in [-0.2, -0.15) is 0 Å². The highest BCUT2D eigenvalue weighted by Crippen LogP contribution is 2.38. The summed E-state index contributed by atoms with van der Waals surface area (Å²) in [4.78, 5) is 12.5. The van der Waals surface area contributed by atoms with Crippen molar-refractivity contribution in [2.24, 2.45) is 0 Å². The zero-order valence-electron chi connectivity index (χ0n) is 10.2. The van der Waals surface area contributed by atoms with E-state index in [4.69, 9.17) is 4.74 Å². The monoisotopic (exact) mass is 252 g/mol. The largest absolute Gasteiger partial charge is 0.487 e. The maximum Gasteiger partial charge on any atom is 0.333 e. The average Bonchev–Trinajstić information content (AvgIpc) is 2.31. The number of aliphatic hydroxyl groups excluding tert-OH is 1. The van der Waals surface area contributed by atoms with Crippen molar-refractivity contribution < 1.29 is 14.8 Å². The van der Waals surface area contributed by atoms with Gasteiger partial charge in [0, 0.05) is 13.1 Å². The highest BCUT2D eigenvalue weighted by atomic mass is 16.6. The first kappa shape index (κ1) is 12.6. The number of β-amino-alcohol motifs (C(OH)–C–C–N with tert-alkyl or cyclic N) is 1.